The molecule has 0 saturated carbocycles. The van der Waals surface area contributed by atoms with E-state index in [1.54, 1.807) is 6.20 Å². The third-order valence-corrected chi connectivity index (χ3v) is 2.67. The largest absolute Gasteiger partial charge is 0.306 e. The van der Waals surface area contributed by atoms with Crippen LogP contribution in [-0.2, 0) is 6.54 Å². The van der Waals surface area contributed by atoms with Crippen molar-refractivity contribution in [1.82, 2.24) is 10.3 Å². The predicted molar refractivity (Wildman–Crippen MR) is 65.9 cm³/mol. The van der Waals surface area contributed by atoms with Gasteiger partial charge in [0.2, 0.25) is 0 Å². The molecule has 88 valence electrons. The Morgan fingerprint density at radius 1 is 1.24 bits per heavy atom. The Hall–Kier alpha value is -1.74. The fourth-order valence-electron chi connectivity index (χ4n) is 1.68. The van der Waals surface area contributed by atoms with E-state index < -0.39 is 0 Å². The van der Waals surface area contributed by atoms with E-state index in [1.165, 1.54) is 17.8 Å². The second-order valence-corrected chi connectivity index (χ2v) is 4.02. The van der Waals surface area contributed by atoms with Gasteiger partial charge in [0.15, 0.2) is 0 Å². The van der Waals surface area contributed by atoms with Crippen molar-refractivity contribution in [3.63, 3.8) is 0 Å². The average molecular weight is 230 g/mol. The van der Waals surface area contributed by atoms with Gasteiger partial charge in [0, 0.05) is 18.8 Å². The van der Waals surface area contributed by atoms with Crippen molar-refractivity contribution in [1.29, 1.82) is 0 Å². The van der Waals surface area contributed by atoms with Crippen LogP contribution < -0.4 is 5.32 Å². The van der Waals surface area contributed by atoms with E-state index >= 15 is 0 Å². The fraction of sp³-hybridized carbons (Fsp3) is 0.214. The molecule has 1 heterocycles. The summed E-state index contributed by atoms with van der Waals surface area (Å²) in [4.78, 5) is 3.82. The summed E-state index contributed by atoms with van der Waals surface area (Å²) in [5.74, 6) is -0.295. The quantitative estimate of drug-likeness (QED) is 0.873. The highest BCUT2D eigenvalue weighted by Crippen LogP contribution is 2.12. The second-order valence-electron chi connectivity index (χ2n) is 4.02. The number of hydrogen-bond acceptors (Lipinski definition) is 2. The summed E-state index contributed by atoms with van der Waals surface area (Å²) in [6.45, 7) is 2.70. The first-order valence-corrected chi connectivity index (χ1v) is 5.63. The van der Waals surface area contributed by atoms with Gasteiger partial charge in [-0.2, -0.15) is 0 Å². The van der Waals surface area contributed by atoms with Crippen molar-refractivity contribution in [3.8, 4) is 0 Å². The van der Waals surface area contributed by atoms with Gasteiger partial charge in [-0.05, 0) is 24.1 Å². The minimum absolute atomic E-state index is 0.236. The van der Waals surface area contributed by atoms with Crippen molar-refractivity contribution in [3.05, 3.63) is 65.7 Å². The minimum Gasteiger partial charge on any atom is -0.306 e. The number of nitrogens with one attached hydrogen (secondary N) is 1. The topological polar surface area (TPSA) is 24.9 Å². The third-order valence-electron chi connectivity index (χ3n) is 2.67. The van der Waals surface area contributed by atoms with E-state index in [0.29, 0.717) is 6.54 Å². The first-order valence-electron chi connectivity index (χ1n) is 5.63. The Labute approximate surface area is 101 Å². The number of rotatable bonds is 4. The van der Waals surface area contributed by atoms with E-state index in [-0.39, 0.29) is 11.9 Å². The Bertz CT molecular complexity index is 471. The predicted octanol–water partition coefficient (Wildman–Crippen LogP) is 3.07. The normalized spacial score (nSPS) is 12.4. The average Bonchev–Trinajstić information content (AvgIpc) is 2.37. The smallest absolute Gasteiger partial charge is 0.141 e. The minimum atomic E-state index is -0.295. The van der Waals surface area contributed by atoms with Crippen molar-refractivity contribution in [2.24, 2.45) is 0 Å². The molecule has 0 aliphatic rings. The van der Waals surface area contributed by atoms with Gasteiger partial charge in [-0.3, -0.25) is 4.98 Å². The molecule has 0 aliphatic carbocycles. The van der Waals surface area contributed by atoms with Crippen LogP contribution in [0.4, 0.5) is 4.39 Å². The summed E-state index contributed by atoms with van der Waals surface area (Å²) >= 11 is 0. The molecule has 0 fully saturated rings. The van der Waals surface area contributed by atoms with Crippen LogP contribution in [0.25, 0.3) is 0 Å². The maximum absolute atomic E-state index is 12.9. The molecule has 0 aliphatic heterocycles. The van der Waals surface area contributed by atoms with Gasteiger partial charge in [-0.25, -0.2) is 4.39 Å². The molecule has 0 saturated heterocycles. The highest BCUT2D eigenvalue weighted by atomic mass is 19.1. The summed E-state index contributed by atoms with van der Waals surface area (Å²) in [6, 6.07) is 11.9. The molecule has 1 atom stereocenters. The summed E-state index contributed by atoms with van der Waals surface area (Å²) < 4.78 is 12.9. The van der Waals surface area contributed by atoms with E-state index in [0.717, 1.165) is 5.56 Å². The summed E-state index contributed by atoms with van der Waals surface area (Å²) in [5, 5.41) is 3.34. The standard InChI is InChI=1S/C14H15FN2/c1-11(13-5-3-2-4-6-13)17-9-12-7-14(15)10-16-8-12/h2-8,10-11,17H,9H2,1H3/t11-/m0/s1. The van der Waals surface area contributed by atoms with Crippen molar-refractivity contribution < 1.29 is 4.39 Å². The molecule has 17 heavy (non-hydrogen) atoms. The Kier molecular flexibility index (Phi) is 3.83. The lowest BCUT2D eigenvalue weighted by molar-refractivity contribution is 0.567. The lowest BCUT2D eigenvalue weighted by Gasteiger charge is -2.13. The molecular weight excluding hydrogens is 215 g/mol. The maximum atomic E-state index is 12.9. The van der Waals surface area contributed by atoms with Crippen molar-refractivity contribution in [2.75, 3.05) is 0 Å². The van der Waals surface area contributed by atoms with Gasteiger partial charge >= 0.3 is 0 Å². The van der Waals surface area contributed by atoms with Gasteiger partial charge in [-0.15, -0.1) is 0 Å². The molecule has 2 aromatic rings. The van der Waals surface area contributed by atoms with Crippen LogP contribution in [0.1, 0.15) is 24.1 Å². The second kappa shape index (κ2) is 5.55. The lowest BCUT2D eigenvalue weighted by Crippen LogP contribution is -2.18. The number of aromatic nitrogens is 1. The molecule has 0 amide bonds. The molecule has 1 aromatic carbocycles. The van der Waals surface area contributed by atoms with Gasteiger partial charge in [0.05, 0.1) is 6.20 Å². The zero-order valence-electron chi connectivity index (χ0n) is 9.73. The first kappa shape index (κ1) is 11.7. The van der Waals surface area contributed by atoms with E-state index in [1.807, 2.05) is 18.2 Å². The molecular formula is C14H15FN2. The Balaban J connectivity index is 1.95. The Morgan fingerprint density at radius 2 is 2.00 bits per heavy atom. The summed E-state index contributed by atoms with van der Waals surface area (Å²) in [7, 11) is 0. The molecule has 2 rings (SSSR count). The van der Waals surface area contributed by atoms with Gasteiger partial charge < -0.3 is 5.32 Å². The van der Waals surface area contributed by atoms with Crippen molar-refractivity contribution >= 4 is 0 Å². The van der Waals surface area contributed by atoms with Gasteiger partial charge in [0.25, 0.3) is 0 Å². The fourth-order valence-corrected chi connectivity index (χ4v) is 1.68. The highest BCUT2D eigenvalue weighted by molar-refractivity contribution is 5.18. The number of benzene rings is 1. The number of halogens is 1. The van der Waals surface area contributed by atoms with Crippen LogP contribution in [0.3, 0.4) is 0 Å². The van der Waals surface area contributed by atoms with Crippen molar-refractivity contribution in [2.45, 2.75) is 19.5 Å². The zero-order valence-corrected chi connectivity index (χ0v) is 9.73. The molecule has 0 spiro atoms. The van der Waals surface area contributed by atoms with E-state index in [4.69, 9.17) is 0 Å². The first-order chi connectivity index (χ1) is 8.25. The molecule has 1 N–H and O–H groups in total. The maximum Gasteiger partial charge on any atom is 0.141 e. The van der Waals surface area contributed by atoms with E-state index in [2.05, 4.69) is 29.4 Å². The summed E-state index contributed by atoms with van der Waals surface area (Å²) in [6.07, 6.45) is 2.89. The number of pyridine rings is 1. The molecule has 2 nitrogen and oxygen atoms in total. The number of nitrogens with zero attached hydrogens (tertiary/aromatic N) is 1. The van der Waals surface area contributed by atoms with Crippen LogP contribution in [0, 0.1) is 5.82 Å². The number of hydrogen-bond donors (Lipinski definition) is 1. The van der Waals surface area contributed by atoms with E-state index in [9.17, 15) is 4.39 Å². The monoisotopic (exact) mass is 230 g/mol. The van der Waals surface area contributed by atoms with Crippen LogP contribution in [-0.4, -0.2) is 4.98 Å². The van der Waals surface area contributed by atoms with Crippen LogP contribution >= 0.6 is 0 Å². The molecule has 0 unspecified atom stereocenters. The molecule has 3 heteroatoms. The van der Waals surface area contributed by atoms with Crippen LogP contribution in [0.2, 0.25) is 0 Å². The SMILES string of the molecule is C[C@H](NCc1cncc(F)c1)c1ccccc1. The van der Waals surface area contributed by atoms with Crippen LogP contribution in [0.15, 0.2) is 48.8 Å². The van der Waals surface area contributed by atoms with Crippen LogP contribution in [0.5, 0.6) is 0 Å². The molecule has 0 radical (unpaired) electrons. The third kappa shape index (κ3) is 3.36. The molecule has 0 bridgehead atoms. The highest BCUT2D eigenvalue weighted by Gasteiger charge is 2.04. The van der Waals surface area contributed by atoms with Gasteiger partial charge in [-0.1, -0.05) is 30.3 Å². The molecule has 1 aromatic heterocycles. The van der Waals surface area contributed by atoms with Gasteiger partial charge in [0.1, 0.15) is 5.82 Å². The lowest BCUT2D eigenvalue weighted by atomic mass is 10.1. The Morgan fingerprint density at radius 3 is 2.71 bits per heavy atom. The zero-order chi connectivity index (χ0) is 12.1. The summed E-state index contributed by atoms with van der Waals surface area (Å²) in [5.41, 5.74) is 2.07.